The first kappa shape index (κ1) is 9.66. The first-order valence-electron chi connectivity index (χ1n) is 5.01. The Labute approximate surface area is 89.7 Å². The van der Waals surface area contributed by atoms with Crippen molar-refractivity contribution < 1.29 is 0 Å². The quantitative estimate of drug-likeness (QED) is 0.761. The second-order valence-corrected chi connectivity index (χ2v) is 4.24. The summed E-state index contributed by atoms with van der Waals surface area (Å²) in [6.45, 7) is 4.45. The molecule has 0 atom stereocenters. The lowest BCUT2D eigenvalue weighted by Crippen LogP contribution is -2.46. The van der Waals surface area contributed by atoms with Gasteiger partial charge in [0.05, 0.1) is 16.4 Å². The van der Waals surface area contributed by atoms with Gasteiger partial charge in [0.2, 0.25) is 0 Å². The summed E-state index contributed by atoms with van der Waals surface area (Å²) in [5.74, 6) is 0.826. The fourth-order valence-electron chi connectivity index (χ4n) is 1.81. The highest BCUT2D eigenvalue weighted by molar-refractivity contribution is 6.35. The summed E-state index contributed by atoms with van der Waals surface area (Å²) in [6, 6.07) is 5.82. The van der Waals surface area contributed by atoms with Gasteiger partial charge in [-0.05, 0) is 24.5 Å². The van der Waals surface area contributed by atoms with E-state index in [1.165, 1.54) is 6.42 Å². The van der Waals surface area contributed by atoms with Crippen LogP contribution in [0.15, 0.2) is 18.2 Å². The Balaban J connectivity index is 2.14. The van der Waals surface area contributed by atoms with Crippen molar-refractivity contribution in [2.24, 2.45) is 5.92 Å². The Morgan fingerprint density at radius 3 is 2.86 bits per heavy atom. The number of rotatable bonds is 2. The Bertz CT molecular complexity index is 332. The van der Waals surface area contributed by atoms with E-state index in [9.17, 15) is 0 Å². The number of nitrogens with two attached hydrogens (primary N) is 1. The van der Waals surface area contributed by atoms with E-state index in [0.717, 1.165) is 24.7 Å². The van der Waals surface area contributed by atoms with Gasteiger partial charge in [-0.15, -0.1) is 0 Å². The first-order valence-corrected chi connectivity index (χ1v) is 5.39. The van der Waals surface area contributed by atoms with E-state index in [4.69, 9.17) is 17.3 Å². The average molecular weight is 211 g/mol. The van der Waals surface area contributed by atoms with Crippen LogP contribution in [0.3, 0.4) is 0 Å². The molecule has 0 unspecified atom stereocenters. The van der Waals surface area contributed by atoms with E-state index in [0.29, 0.717) is 10.7 Å². The number of nitrogen functional groups attached to an aromatic ring is 1. The van der Waals surface area contributed by atoms with Crippen LogP contribution in [-0.2, 0) is 0 Å². The molecule has 1 aromatic rings. The van der Waals surface area contributed by atoms with E-state index < -0.39 is 0 Å². The zero-order valence-corrected chi connectivity index (χ0v) is 9.09. The minimum Gasteiger partial charge on any atom is -0.397 e. The van der Waals surface area contributed by atoms with Crippen LogP contribution in [-0.4, -0.2) is 13.1 Å². The molecule has 0 amide bonds. The molecule has 2 nitrogen and oxygen atoms in total. The average Bonchev–Trinajstić information content (AvgIpc) is 2.10. The minimum atomic E-state index is 0.670. The molecule has 0 bridgehead atoms. The highest BCUT2D eigenvalue weighted by Crippen LogP contribution is 2.35. The molecule has 1 fully saturated rings. The molecule has 0 aromatic heterocycles. The van der Waals surface area contributed by atoms with E-state index in [-0.39, 0.29) is 0 Å². The van der Waals surface area contributed by atoms with Gasteiger partial charge in [-0.25, -0.2) is 0 Å². The fraction of sp³-hybridized carbons (Fsp3) is 0.455. The van der Waals surface area contributed by atoms with E-state index >= 15 is 0 Å². The maximum atomic E-state index is 6.12. The van der Waals surface area contributed by atoms with Crippen LogP contribution in [0.2, 0.25) is 5.02 Å². The zero-order chi connectivity index (χ0) is 10.1. The van der Waals surface area contributed by atoms with Crippen molar-refractivity contribution in [3.05, 3.63) is 23.2 Å². The molecule has 3 heteroatoms. The maximum absolute atomic E-state index is 6.12. The van der Waals surface area contributed by atoms with Crippen LogP contribution < -0.4 is 10.6 Å². The van der Waals surface area contributed by atoms with Crippen molar-refractivity contribution in [3.63, 3.8) is 0 Å². The van der Waals surface area contributed by atoms with Crippen LogP contribution >= 0.6 is 11.6 Å². The molecule has 2 rings (SSSR count). The van der Waals surface area contributed by atoms with Crippen molar-refractivity contribution in [1.29, 1.82) is 0 Å². The van der Waals surface area contributed by atoms with E-state index in [2.05, 4.69) is 11.8 Å². The lowest BCUT2D eigenvalue weighted by Gasteiger charge is -2.41. The van der Waals surface area contributed by atoms with Gasteiger partial charge >= 0.3 is 0 Å². The second-order valence-electron chi connectivity index (χ2n) is 3.86. The van der Waals surface area contributed by atoms with Crippen molar-refractivity contribution in [2.75, 3.05) is 23.7 Å². The van der Waals surface area contributed by atoms with Gasteiger partial charge in [0.1, 0.15) is 0 Å². The Kier molecular flexibility index (Phi) is 2.55. The summed E-state index contributed by atoms with van der Waals surface area (Å²) < 4.78 is 0. The van der Waals surface area contributed by atoms with Gasteiger partial charge in [-0.3, -0.25) is 0 Å². The molecule has 0 spiro atoms. The van der Waals surface area contributed by atoms with Crippen molar-refractivity contribution in [2.45, 2.75) is 13.3 Å². The topological polar surface area (TPSA) is 29.3 Å². The van der Waals surface area contributed by atoms with Gasteiger partial charge < -0.3 is 10.6 Å². The molecule has 1 aliphatic heterocycles. The molecule has 0 aliphatic carbocycles. The van der Waals surface area contributed by atoms with Crippen LogP contribution in [0.4, 0.5) is 11.4 Å². The molecule has 2 N–H and O–H groups in total. The zero-order valence-electron chi connectivity index (χ0n) is 8.33. The van der Waals surface area contributed by atoms with Crippen molar-refractivity contribution in [3.8, 4) is 0 Å². The largest absolute Gasteiger partial charge is 0.397 e. The van der Waals surface area contributed by atoms with Gasteiger partial charge in [0, 0.05) is 13.1 Å². The Hall–Kier alpha value is -0.890. The molecule has 1 heterocycles. The number of hydrogen-bond acceptors (Lipinski definition) is 2. The van der Waals surface area contributed by atoms with Crippen molar-refractivity contribution in [1.82, 2.24) is 0 Å². The number of benzene rings is 1. The smallest absolute Gasteiger partial charge is 0.0868 e. The van der Waals surface area contributed by atoms with Crippen LogP contribution in [0.1, 0.15) is 13.3 Å². The van der Waals surface area contributed by atoms with Gasteiger partial charge in [0.25, 0.3) is 0 Å². The van der Waals surface area contributed by atoms with Gasteiger partial charge in [-0.1, -0.05) is 24.6 Å². The lowest BCUT2D eigenvalue weighted by atomic mass is 9.96. The summed E-state index contributed by atoms with van der Waals surface area (Å²) in [4.78, 5) is 2.28. The van der Waals surface area contributed by atoms with E-state index in [1.54, 1.807) is 0 Å². The molecule has 0 saturated carbocycles. The number of hydrogen-bond donors (Lipinski definition) is 1. The number of anilines is 2. The second kappa shape index (κ2) is 3.70. The third kappa shape index (κ3) is 1.55. The maximum Gasteiger partial charge on any atom is 0.0868 e. The monoisotopic (exact) mass is 210 g/mol. The standard InChI is InChI=1S/C11H15ClN2/c1-2-8-6-14(7-8)10-5-3-4-9(13)11(10)12/h3-5,8H,2,6-7,13H2,1H3. The highest BCUT2D eigenvalue weighted by Gasteiger charge is 2.26. The summed E-state index contributed by atoms with van der Waals surface area (Å²) in [5.41, 5.74) is 7.50. The molecular formula is C11H15ClN2. The summed E-state index contributed by atoms with van der Waals surface area (Å²) in [5, 5.41) is 0.696. The Morgan fingerprint density at radius 2 is 2.21 bits per heavy atom. The summed E-state index contributed by atoms with van der Waals surface area (Å²) >= 11 is 6.12. The minimum absolute atomic E-state index is 0.670. The summed E-state index contributed by atoms with van der Waals surface area (Å²) in [6.07, 6.45) is 1.25. The fourth-order valence-corrected chi connectivity index (χ4v) is 2.05. The molecular weight excluding hydrogens is 196 g/mol. The number of halogens is 1. The van der Waals surface area contributed by atoms with Gasteiger partial charge in [-0.2, -0.15) is 0 Å². The van der Waals surface area contributed by atoms with Crippen molar-refractivity contribution >= 4 is 23.0 Å². The summed E-state index contributed by atoms with van der Waals surface area (Å²) in [7, 11) is 0. The molecule has 1 saturated heterocycles. The highest BCUT2D eigenvalue weighted by atomic mass is 35.5. The van der Waals surface area contributed by atoms with E-state index in [1.807, 2.05) is 18.2 Å². The van der Waals surface area contributed by atoms with Crippen LogP contribution in [0.25, 0.3) is 0 Å². The normalized spacial score (nSPS) is 16.9. The predicted octanol–water partition coefficient (Wildman–Crippen LogP) is 2.77. The third-order valence-corrected chi connectivity index (χ3v) is 3.30. The number of nitrogens with zero attached hydrogens (tertiary/aromatic N) is 1. The predicted molar refractivity (Wildman–Crippen MR) is 61.9 cm³/mol. The van der Waals surface area contributed by atoms with Crippen LogP contribution in [0.5, 0.6) is 0 Å². The molecule has 14 heavy (non-hydrogen) atoms. The SMILES string of the molecule is CCC1CN(c2cccc(N)c2Cl)C1. The third-order valence-electron chi connectivity index (χ3n) is 2.88. The molecule has 1 aromatic carbocycles. The van der Waals surface area contributed by atoms with Gasteiger partial charge in [0.15, 0.2) is 0 Å². The molecule has 76 valence electrons. The molecule has 0 radical (unpaired) electrons. The Morgan fingerprint density at radius 1 is 1.50 bits per heavy atom. The molecule has 1 aliphatic rings. The van der Waals surface area contributed by atoms with Crippen LogP contribution in [0, 0.1) is 5.92 Å². The lowest BCUT2D eigenvalue weighted by molar-refractivity contribution is 0.399. The first-order chi connectivity index (χ1) is 6.72.